The number of allylic oxidation sites excluding steroid dienone is 4. The van der Waals surface area contributed by atoms with Gasteiger partial charge in [-0.3, -0.25) is 14.4 Å². The minimum Gasteiger partial charge on any atom is -0.462 e. The Morgan fingerprint density at radius 3 is 0.810 bits per heavy atom. The highest BCUT2D eigenvalue weighted by Gasteiger charge is 2.19. The average Bonchev–Trinajstić information content (AvgIpc) is 3.28. The van der Waals surface area contributed by atoms with Gasteiger partial charge in [-0.05, 0) is 70.6 Å². The molecule has 0 N–H and O–H groups in total. The van der Waals surface area contributed by atoms with Crippen molar-refractivity contribution >= 4 is 17.9 Å². The van der Waals surface area contributed by atoms with Gasteiger partial charge in [0.25, 0.3) is 0 Å². The van der Waals surface area contributed by atoms with Gasteiger partial charge in [-0.1, -0.05) is 238 Å². The van der Waals surface area contributed by atoms with Crippen LogP contribution in [0.4, 0.5) is 0 Å². The molecular weight excluding hydrogens is 781 g/mol. The number of carbonyl (C=O) groups excluding carboxylic acids is 3. The maximum atomic E-state index is 12.8. The van der Waals surface area contributed by atoms with Gasteiger partial charge in [-0.15, -0.1) is 0 Å². The molecule has 0 saturated carbocycles. The third-order valence-electron chi connectivity index (χ3n) is 12.4. The van der Waals surface area contributed by atoms with Crippen molar-refractivity contribution in [2.45, 2.75) is 309 Å². The zero-order valence-electron chi connectivity index (χ0n) is 42.4. The fourth-order valence-corrected chi connectivity index (χ4v) is 8.20. The summed E-state index contributed by atoms with van der Waals surface area (Å²) in [6.07, 6.45) is 60.2. The summed E-state index contributed by atoms with van der Waals surface area (Å²) in [4.78, 5) is 38.0. The Bertz CT molecular complexity index is 1020. The lowest BCUT2D eigenvalue weighted by Crippen LogP contribution is -2.30. The Kier molecular flexibility index (Phi) is 50.8. The summed E-state index contributed by atoms with van der Waals surface area (Å²) < 4.78 is 16.8. The van der Waals surface area contributed by atoms with Gasteiger partial charge >= 0.3 is 17.9 Å². The van der Waals surface area contributed by atoms with Crippen LogP contribution in [0.15, 0.2) is 24.3 Å². The van der Waals surface area contributed by atoms with Crippen LogP contribution in [0.5, 0.6) is 0 Å². The van der Waals surface area contributed by atoms with Gasteiger partial charge in [0.2, 0.25) is 0 Å². The SMILES string of the molecule is CCCCCC/C=C\CCCCCCCC(=O)O[C@@H](COC(=O)CCCCCCCCC/C=C\CCCCCCCCCC)COC(=O)CCCCCCCCCCCCCCC. The molecular formula is C57H106O6. The van der Waals surface area contributed by atoms with Crippen molar-refractivity contribution in [2.75, 3.05) is 13.2 Å². The van der Waals surface area contributed by atoms with Gasteiger partial charge < -0.3 is 14.2 Å². The van der Waals surface area contributed by atoms with Crippen LogP contribution in [0.1, 0.15) is 303 Å². The number of esters is 3. The van der Waals surface area contributed by atoms with Crippen molar-refractivity contribution in [2.24, 2.45) is 0 Å². The quantitative estimate of drug-likeness (QED) is 0.0262. The summed E-state index contributed by atoms with van der Waals surface area (Å²) in [6.45, 7) is 6.65. The summed E-state index contributed by atoms with van der Waals surface area (Å²) in [5, 5.41) is 0. The molecule has 370 valence electrons. The minimum absolute atomic E-state index is 0.0720. The minimum atomic E-state index is -0.772. The number of rotatable bonds is 51. The Morgan fingerprint density at radius 1 is 0.302 bits per heavy atom. The van der Waals surface area contributed by atoms with Crippen molar-refractivity contribution < 1.29 is 28.6 Å². The molecule has 0 aliphatic carbocycles. The van der Waals surface area contributed by atoms with Crippen LogP contribution in [-0.4, -0.2) is 37.2 Å². The summed E-state index contributed by atoms with van der Waals surface area (Å²) in [7, 11) is 0. The molecule has 0 aliphatic rings. The molecule has 0 amide bonds. The molecule has 63 heavy (non-hydrogen) atoms. The van der Waals surface area contributed by atoms with Crippen LogP contribution >= 0.6 is 0 Å². The van der Waals surface area contributed by atoms with Gasteiger partial charge in [0.05, 0.1) is 0 Å². The van der Waals surface area contributed by atoms with Crippen LogP contribution in [0.3, 0.4) is 0 Å². The molecule has 0 aliphatic heterocycles. The van der Waals surface area contributed by atoms with Gasteiger partial charge in [0, 0.05) is 19.3 Å². The monoisotopic (exact) mass is 887 g/mol. The lowest BCUT2D eigenvalue weighted by atomic mass is 10.0. The molecule has 1 atom stereocenters. The van der Waals surface area contributed by atoms with E-state index in [-0.39, 0.29) is 31.1 Å². The first kappa shape index (κ1) is 60.9. The second-order valence-corrected chi connectivity index (χ2v) is 18.8. The fourth-order valence-electron chi connectivity index (χ4n) is 8.20. The molecule has 0 bridgehead atoms. The molecule has 0 aromatic rings. The van der Waals surface area contributed by atoms with Crippen molar-refractivity contribution in [1.82, 2.24) is 0 Å². The zero-order valence-corrected chi connectivity index (χ0v) is 42.4. The van der Waals surface area contributed by atoms with Gasteiger partial charge in [-0.25, -0.2) is 0 Å². The number of hydrogen-bond acceptors (Lipinski definition) is 6. The van der Waals surface area contributed by atoms with Crippen LogP contribution in [0.25, 0.3) is 0 Å². The third-order valence-corrected chi connectivity index (χ3v) is 12.4. The van der Waals surface area contributed by atoms with Crippen molar-refractivity contribution in [3.05, 3.63) is 24.3 Å². The zero-order chi connectivity index (χ0) is 45.8. The molecule has 0 aromatic heterocycles. The Hall–Kier alpha value is -2.11. The highest BCUT2D eigenvalue weighted by molar-refractivity contribution is 5.71. The van der Waals surface area contributed by atoms with E-state index in [2.05, 4.69) is 45.1 Å². The largest absolute Gasteiger partial charge is 0.462 e. The molecule has 0 saturated heterocycles. The van der Waals surface area contributed by atoms with Gasteiger partial charge in [-0.2, -0.15) is 0 Å². The standard InChI is InChI=1S/C57H106O6/c1-4-7-10-13-16-19-22-25-26-27-28-29-30-33-35-38-41-44-47-50-56(59)62-53-54(63-57(60)51-48-45-42-39-36-32-24-21-18-15-12-9-6-3)52-61-55(58)49-46-43-40-37-34-31-23-20-17-14-11-8-5-2/h21,24,27-28,54H,4-20,22-23,25-26,29-53H2,1-3H3/b24-21-,28-27-/t54-/m1/s1. The lowest BCUT2D eigenvalue weighted by molar-refractivity contribution is -0.167. The first-order valence-electron chi connectivity index (χ1n) is 27.8. The van der Waals surface area contributed by atoms with Gasteiger partial charge in [0.1, 0.15) is 13.2 Å². The van der Waals surface area contributed by atoms with E-state index < -0.39 is 6.10 Å². The average molecular weight is 887 g/mol. The van der Waals surface area contributed by atoms with Crippen LogP contribution in [0, 0.1) is 0 Å². The highest BCUT2D eigenvalue weighted by atomic mass is 16.6. The van der Waals surface area contributed by atoms with Crippen LogP contribution < -0.4 is 0 Å². The number of carbonyl (C=O) groups is 3. The topological polar surface area (TPSA) is 78.9 Å². The van der Waals surface area contributed by atoms with Crippen molar-refractivity contribution in [3.63, 3.8) is 0 Å². The maximum absolute atomic E-state index is 12.8. The molecule has 0 rings (SSSR count). The van der Waals surface area contributed by atoms with Crippen LogP contribution in [0.2, 0.25) is 0 Å². The first-order chi connectivity index (χ1) is 31.0. The second kappa shape index (κ2) is 52.5. The van der Waals surface area contributed by atoms with Crippen LogP contribution in [-0.2, 0) is 28.6 Å². The lowest BCUT2D eigenvalue weighted by Gasteiger charge is -2.18. The second-order valence-electron chi connectivity index (χ2n) is 18.8. The molecule has 0 unspecified atom stereocenters. The van der Waals surface area contributed by atoms with E-state index in [4.69, 9.17) is 14.2 Å². The smallest absolute Gasteiger partial charge is 0.306 e. The van der Waals surface area contributed by atoms with E-state index >= 15 is 0 Å². The molecule has 0 heterocycles. The predicted octanol–water partition coefficient (Wildman–Crippen LogP) is 18.3. The Balaban J connectivity index is 4.31. The molecule has 6 heteroatoms. The Labute approximate surface area is 392 Å². The third kappa shape index (κ3) is 50.7. The van der Waals surface area contributed by atoms with E-state index in [1.54, 1.807) is 0 Å². The number of ether oxygens (including phenoxy) is 3. The molecule has 0 fully saturated rings. The first-order valence-corrected chi connectivity index (χ1v) is 27.8. The van der Waals surface area contributed by atoms with Gasteiger partial charge in [0.15, 0.2) is 6.10 Å². The summed E-state index contributed by atoms with van der Waals surface area (Å²) in [5.41, 5.74) is 0. The number of unbranched alkanes of at least 4 members (excludes halogenated alkanes) is 36. The van der Waals surface area contributed by atoms with E-state index in [9.17, 15) is 14.4 Å². The predicted molar refractivity (Wildman–Crippen MR) is 270 cm³/mol. The molecule has 0 spiro atoms. The maximum Gasteiger partial charge on any atom is 0.306 e. The molecule has 0 radical (unpaired) electrons. The Morgan fingerprint density at radius 2 is 0.524 bits per heavy atom. The fraction of sp³-hybridized carbons (Fsp3) is 0.877. The van der Waals surface area contributed by atoms with Crippen molar-refractivity contribution in [3.8, 4) is 0 Å². The summed E-state index contributed by atoms with van der Waals surface area (Å²) in [6, 6.07) is 0. The summed E-state index contributed by atoms with van der Waals surface area (Å²) >= 11 is 0. The normalized spacial score (nSPS) is 12.1. The van der Waals surface area contributed by atoms with E-state index in [0.717, 1.165) is 64.2 Å². The molecule has 0 aromatic carbocycles. The van der Waals surface area contributed by atoms with Crippen molar-refractivity contribution in [1.29, 1.82) is 0 Å². The number of hydrogen-bond donors (Lipinski definition) is 0. The summed E-state index contributed by atoms with van der Waals surface area (Å²) in [5.74, 6) is -0.869. The van der Waals surface area contributed by atoms with E-state index in [1.165, 1.54) is 199 Å². The highest BCUT2D eigenvalue weighted by Crippen LogP contribution is 2.16. The van der Waals surface area contributed by atoms with E-state index in [1.807, 2.05) is 0 Å². The van der Waals surface area contributed by atoms with E-state index in [0.29, 0.717) is 19.3 Å². The molecule has 6 nitrogen and oxygen atoms in total.